The van der Waals surface area contributed by atoms with Crippen LogP contribution in [0.2, 0.25) is 0 Å². The second-order valence-electron chi connectivity index (χ2n) is 3.01. The zero-order chi connectivity index (χ0) is 10.6. The minimum atomic E-state index is -2.13. The van der Waals surface area contributed by atoms with Crippen molar-refractivity contribution in [3.8, 4) is 0 Å². The van der Waals surface area contributed by atoms with Gasteiger partial charge >= 0.3 is 43.7 Å². The summed E-state index contributed by atoms with van der Waals surface area (Å²) in [6.45, 7) is 8.67. The summed E-state index contributed by atoms with van der Waals surface area (Å²) in [5, 5.41) is 0. The quantitative estimate of drug-likeness (QED) is 0.563. The van der Waals surface area contributed by atoms with Crippen molar-refractivity contribution in [2.24, 2.45) is 5.92 Å². The van der Waals surface area contributed by atoms with Crippen LogP contribution in [-0.2, 0) is 18.2 Å². The van der Waals surface area contributed by atoms with Crippen LogP contribution in [0.25, 0.3) is 0 Å². The number of hydrogen-bond donors (Lipinski definition) is 0. The Balaban J connectivity index is 0.000000310. The molecule has 0 N–H and O–H groups in total. The van der Waals surface area contributed by atoms with Crippen molar-refractivity contribution in [3.05, 3.63) is 22.8 Å². The van der Waals surface area contributed by atoms with Crippen LogP contribution in [0.4, 0.5) is 0 Å². The molecule has 0 amide bonds. The first-order chi connectivity index (χ1) is 5.86. The Morgan fingerprint density at radius 2 is 1.54 bits per heavy atom. The van der Waals surface area contributed by atoms with Gasteiger partial charge in [-0.1, -0.05) is 26.7 Å². The molecule has 0 spiro atoms. The Morgan fingerprint density at radius 1 is 1.15 bits per heavy atom. The Bertz CT molecular complexity index is 228. The van der Waals surface area contributed by atoms with Gasteiger partial charge in [-0.25, -0.2) is 5.57 Å². The van der Waals surface area contributed by atoms with E-state index < -0.39 is 18.2 Å². The summed E-state index contributed by atoms with van der Waals surface area (Å²) in [5.74, 6) is 0.560. The van der Waals surface area contributed by atoms with E-state index in [0.717, 1.165) is 0 Å². The summed E-state index contributed by atoms with van der Waals surface area (Å²) in [6.07, 6.45) is 3.36. The molecule has 1 aliphatic rings. The first kappa shape index (κ1) is 14.2. The van der Waals surface area contributed by atoms with Gasteiger partial charge in [-0.2, -0.15) is 11.1 Å². The summed E-state index contributed by atoms with van der Waals surface area (Å²) >= 11 is -2.13. The Labute approximate surface area is 99.3 Å². The molecule has 0 aromatic rings. The van der Waals surface area contributed by atoms with Crippen molar-refractivity contribution in [1.82, 2.24) is 0 Å². The van der Waals surface area contributed by atoms with E-state index in [1.165, 1.54) is 16.7 Å². The Kier molecular flexibility index (Phi) is 7.30. The molecule has 0 radical (unpaired) electrons. The van der Waals surface area contributed by atoms with Crippen LogP contribution < -0.4 is 0 Å². The molecule has 0 aromatic heterocycles. The predicted molar refractivity (Wildman–Crippen MR) is 57.5 cm³/mol. The third kappa shape index (κ3) is 5.62. The number of halogens is 3. The summed E-state index contributed by atoms with van der Waals surface area (Å²) in [4.78, 5) is 0. The number of rotatable bonds is 0. The van der Waals surface area contributed by atoms with Crippen LogP contribution in [0.15, 0.2) is 16.7 Å². The molecule has 0 nitrogen and oxygen atoms in total. The third-order valence-corrected chi connectivity index (χ3v) is 2.24. The monoisotopic (exact) mass is 316 g/mol. The van der Waals surface area contributed by atoms with Gasteiger partial charge in [-0.15, -0.1) is 6.92 Å². The zero-order valence-electron chi connectivity index (χ0n) is 8.21. The maximum atomic E-state index is 5.00. The van der Waals surface area contributed by atoms with E-state index in [-0.39, 0.29) is 0 Å². The van der Waals surface area contributed by atoms with Gasteiger partial charge < -0.3 is 0 Å². The molecule has 1 rings (SSSR count). The fourth-order valence-corrected chi connectivity index (χ4v) is 1.16. The summed E-state index contributed by atoms with van der Waals surface area (Å²) < 4.78 is 0. The minimum absolute atomic E-state index is 0.560. The first-order valence-electron chi connectivity index (χ1n) is 3.97. The second kappa shape index (κ2) is 6.67. The summed E-state index contributed by atoms with van der Waals surface area (Å²) in [6, 6.07) is 0. The number of allylic oxidation sites excluding steroid dienone is 4. The van der Waals surface area contributed by atoms with Gasteiger partial charge in [0.05, 0.1) is 0 Å². The predicted octanol–water partition coefficient (Wildman–Crippen LogP) is 4.79. The van der Waals surface area contributed by atoms with Crippen molar-refractivity contribution in [2.75, 3.05) is 0 Å². The van der Waals surface area contributed by atoms with Gasteiger partial charge in [0.1, 0.15) is 0 Å². The van der Waals surface area contributed by atoms with E-state index in [9.17, 15) is 0 Å². The molecular formula is C9H13Cl3Zr-. The van der Waals surface area contributed by atoms with Gasteiger partial charge in [0.2, 0.25) is 0 Å². The van der Waals surface area contributed by atoms with E-state index in [4.69, 9.17) is 25.5 Å². The van der Waals surface area contributed by atoms with Gasteiger partial charge in [-0.05, 0) is 0 Å². The van der Waals surface area contributed by atoms with E-state index in [1.807, 2.05) is 0 Å². The molecule has 1 atom stereocenters. The summed E-state index contributed by atoms with van der Waals surface area (Å²) in [5.41, 5.74) is 4.25. The molecule has 0 bridgehead atoms. The molecule has 0 saturated carbocycles. The van der Waals surface area contributed by atoms with E-state index in [1.54, 1.807) is 0 Å². The number of hydrogen-bond acceptors (Lipinski definition) is 0. The molecule has 4 heteroatoms. The third-order valence-electron chi connectivity index (χ3n) is 2.24. The van der Waals surface area contributed by atoms with Crippen LogP contribution in [0.3, 0.4) is 0 Å². The van der Waals surface area contributed by atoms with Gasteiger partial charge in [-0.3, -0.25) is 6.08 Å². The molecule has 1 unspecified atom stereocenters. The molecule has 1 aliphatic carbocycles. The first-order valence-corrected chi connectivity index (χ1v) is 13.5. The van der Waals surface area contributed by atoms with Crippen LogP contribution in [-0.4, -0.2) is 0 Å². The normalized spacial score (nSPS) is 20.8. The van der Waals surface area contributed by atoms with Crippen molar-refractivity contribution >= 4 is 25.5 Å². The van der Waals surface area contributed by atoms with Gasteiger partial charge in [0.25, 0.3) is 0 Å². The van der Waals surface area contributed by atoms with Gasteiger partial charge in [0, 0.05) is 0 Å². The van der Waals surface area contributed by atoms with E-state index in [0.29, 0.717) is 5.92 Å². The average Bonchev–Trinajstić information content (AvgIpc) is 2.17. The van der Waals surface area contributed by atoms with Crippen LogP contribution >= 0.6 is 25.5 Å². The van der Waals surface area contributed by atoms with E-state index >= 15 is 0 Å². The fourth-order valence-electron chi connectivity index (χ4n) is 1.16. The van der Waals surface area contributed by atoms with Crippen molar-refractivity contribution in [1.29, 1.82) is 0 Å². The molecule has 75 valence electrons. The zero-order valence-corrected chi connectivity index (χ0v) is 12.9. The maximum absolute atomic E-state index is 5.00. The van der Waals surface area contributed by atoms with Crippen LogP contribution in [0.1, 0.15) is 27.7 Å². The fraction of sp³-hybridized carbons (Fsp3) is 0.556. The second-order valence-corrected chi connectivity index (χ2v) is 14.2. The van der Waals surface area contributed by atoms with Crippen molar-refractivity contribution in [3.63, 3.8) is 0 Å². The SMILES string of the molecule is CC1=[C-]C(C)C(C)=C1C.[Cl][Zr]([Cl])[Cl]. The van der Waals surface area contributed by atoms with Crippen LogP contribution in [0.5, 0.6) is 0 Å². The molecule has 0 aliphatic heterocycles. The molecule has 0 heterocycles. The topological polar surface area (TPSA) is 0 Å². The standard InChI is InChI=1S/C9H13.3ClH.Zr/c1-6-5-7(2)9(4)8(6)3;;;;/h6H,1-4H3;3*1H;/q-1;;;;+3/p-3. The molecule has 0 saturated heterocycles. The van der Waals surface area contributed by atoms with Crippen molar-refractivity contribution in [2.45, 2.75) is 27.7 Å². The molecule has 0 aromatic carbocycles. The Morgan fingerprint density at radius 3 is 1.62 bits per heavy atom. The molecule has 0 fully saturated rings. The van der Waals surface area contributed by atoms with E-state index in [2.05, 4.69) is 33.8 Å². The molecular weight excluding hydrogens is 306 g/mol. The average molecular weight is 319 g/mol. The van der Waals surface area contributed by atoms with Crippen molar-refractivity contribution < 1.29 is 18.2 Å². The van der Waals surface area contributed by atoms with Gasteiger partial charge in [0.15, 0.2) is 0 Å². The van der Waals surface area contributed by atoms with Crippen LogP contribution in [0, 0.1) is 12.0 Å². The molecule has 13 heavy (non-hydrogen) atoms. The Hall–Kier alpha value is 1.23. The summed E-state index contributed by atoms with van der Waals surface area (Å²) in [7, 11) is 15.0.